The van der Waals surface area contributed by atoms with Crippen molar-refractivity contribution in [3.8, 4) is 23.3 Å². The van der Waals surface area contributed by atoms with E-state index < -0.39 is 0 Å². The molecule has 0 atom stereocenters. The molecule has 0 aromatic heterocycles. The van der Waals surface area contributed by atoms with Crippen molar-refractivity contribution in [1.29, 1.82) is 10.5 Å². The molecule has 4 rings (SSSR count). The van der Waals surface area contributed by atoms with Crippen LogP contribution in [0.25, 0.3) is 11.1 Å². The molecule has 2 heteroatoms. The average Bonchev–Trinajstić information content (AvgIpc) is 3.00. The van der Waals surface area contributed by atoms with E-state index in [4.69, 9.17) is 0 Å². The van der Waals surface area contributed by atoms with Gasteiger partial charge in [-0.15, -0.1) is 0 Å². The van der Waals surface area contributed by atoms with Gasteiger partial charge in [0.15, 0.2) is 0 Å². The van der Waals surface area contributed by atoms with Crippen molar-refractivity contribution in [3.05, 3.63) is 58.7 Å². The molecule has 2 nitrogen and oxygen atoms in total. The molecule has 2 aromatic rings. The summed E-state index contributed by atoms with van der Waals surface area (Å²) in [6.07, 6.45) is 22.4. The summed E-state index contributed by atoms with van der Waals surface area (Å²) in [6.45, 7) is 4.56. The molecule has 0 saturated heterocycles. The molecule has 0 radical (unpaired) electrons. The van der Waals surface area contributed by atoms with Crippen LogP contribution >= 0.6 is 0 Å². The SMILES string of the molecule is CCCCCCCC1CCC(c2ccc(-c3ccc(C4CCC(CCCC)CC4)c(C#N)c3C#N)cc2)CC1. The van der Waals surface area contributed by atoms with Crippen LogP contribution in [-0.2, 0) is 0 Å². The van der Waals surface area contributed by atoms with Crippen molar-refractivity contribution < 1.29 is 0 Å². The summed E-state index contributed by atoms with van der Waals surface area (Å²) in [7, 11) is 0. The fourth-order valence-electron chi connectivity index (χ4n) is 7.45. The highest BCUT2D eigenvalue weighted by Gasteiger charge is 2.26. The molecule has 0 heterocycles. The lowest BCUT2D eigenvalue weighted by Gasteiger charge is -2.30. The summed E-state index contributed by atoms with van der Waals surface area (Å²) in [5.74, 6) is 2.84. The van der Waals surface area contributed by atoms with Crippen LogP contribution in [0.2, 0.25) is 0 Å². The second-order valence-electron chi connectivity index (χ2n) is 12.6. The third kappa shape index (κ3) is 7.76. The first-order valence-electron chi connectivity index (χ1n) is 16.3. The number of hydrogen-bond acceptors (Lipinski definition) is 2. The summed E-state index contributed by atoms with van der Waals surface area (Å²) >= 11 is 0. The van der Waals surface area contributed by atoms with Crippen molar-refractivity contribution in [3.63, 3.8) is 0 Å². The van der Waals surface area contributed by atoms with E-state index in [1.807, 2.05) is 0 Å². The Hall–Kier alpha value is -2.58. The minimum atomic E-state index is 0.410. The Morgan fingerprint density at radius 1 is 0.590 bits per heavy atom. The molecule has 0 aliphatic heterocycles. The van der Waals surface area contributed by atoms with Crippen molar-refractivity contribution in [2.45, 2.75) is 135 Å². The van der Waals surface area contributed by atoms with E-state index in [1.165, 1.54) is 102 Å². The Bertz CT molecular complexity index is 1100. The Morgan fingerprint density at radius 3 is 1.74 bits per heavy atom. The maximum Gasteiger partial charge on any atom is 0.101 e. The van der Waals surface area contributed by atoms with Crippen LogP contribution in [0.5, 0.6) is 0 Å². The minimum absolute atomic E-state index is 0.410. The molecule has 208 valence electrons. The second kappa shape index (κ2) is 15.3. The quantitative estimate of drug-likeness (QED) is 0.260. The fraction of sp³-hybridized carbons (Fsp3) is 0.622. The molecule has 2 aromatic carbocycles. The fourth-order valence-corrected chi connectivity index (χ4v) is 7.45. The van der Waals surface area contributed by atoms with E-state index in [1.54, 1.807) is 0 Å². The van der Waals surface area contributed by atoms with Gasteiger partial charge in [-0.3, -0.25) is 0 Å². The van der Waals surface area contributed by atoms with Gasteiger partial charge in [-0.2, -0.15) is 10.5 Å². The predicted octanol–water partition coefficient (Wildman–Crippen LogP) is 11.2. The summed E-state index contributed by atoms with van der Waals surface area (Å²) in [5.41, 5.74) is 5.69. The molecular formula is C37H50N2. The second-order valence-corrected chi connectivity index (χ2v) is 12.6. The Balaban J connectivity index is 1.39. The molecule has 0 amide bonds. The third-order valence-corrected chi connectivity index (χ3v) is 9.97. The van der Waals surface area contributed by atoms with Gasteiger partial charge in [0, 0.05) is 5.56 Å². The molecule has 2 saturated carbocycles. The summed E-state index contributed by atoms with van der Waals surface area (Å²) in [5, 5.41) is 20.3. The first-order chi connectivity index (χ1) is 19.2. The van der Waals surface area contributed by atoms with E-state index in [9.17, 15) is 10.5 Å². The van der Waals surface area contributed by atoms with Crippen LogP contribution < -0.4 is 0 Å². The molecule has 0 N–H and O–H groups in total. The van der Waals surface area contributed by atoms with E-state index in [-0.39, 0.29) is 0 Å². The monoisotopic (exact) mass is 522 g/mol. The topological polar surface area (TPSA) is 47.6 Å². The lowest BCUT2D eigenvalue weighted by molar-refractivity contribution is 0.302. The van der Waals surface area contributed by atoms with Crippen LogP contribution in [0.3, 0.4) is 0 Å². The van der Waals surface area contributed by atoms with Crippen LogP contribution in [0, 0.1) is 34.5 Å². The summed E-state index contributed by atoms with van der Waals surface area (Å²) in [4.78, 5) is 0. The van der Waals surface area contributed by atoms with Crippen LogP contribution in [0.1, 0.15) is 157 Å². The molecule has 0 spiro atoms. The number of nitrogens with zero attached hydrogens (tertiary/aromatic N) is 2. The first-order valence-corrected chi connectivity index (χ1v) is 16.3. The molecular weight excluding hydrogens is 472 g/mol. The molecule has 0 bridgehead atoms. The normalized spacial score (nSPS) is 23.2. The highest BCUT2D eigenvalue weighted by atomic mass is 14.3. The third-order valence-electron chi connectivity index (χ3n) is 9.97. The zero-order chi connectivity index (χ0) is 27.5. The number of benzene rings is 2. The van der Waals surface area contributed by atoms with Crippen molar-refractivity contribution in [2.24, 2.45) is 11.8 Å². The molecule has 39 heavy (non-hydrogen) atoms. The number of nitriles is 2. The minimum Gasteiger partial charge on any atom is -0.192 e. The average molecular weight is 523 g/mol. The van der Waals surface area contributed by atoms with E-state index in [0.717, 1.165) is 41.4 Å². The van der Waals surface area contributed by atoms with E-state index in [2.05, 4.69) is 62.4 Å². The van der Waals surface area contributed by atoms with Crippen LogP contribution in [0.4, 0.5) is 0 Å². The smallest absolute Gasteiger partial charge is 0.101 e. The van der Waals surface area contributed by atoms with Gasteiger partial charge in [-0.05, 0) is 91.7 Å². The highest BCUT2D eigenvalue weighted by molar-refractivity contribution is 5.75. The zero-order valence-corrected chi connectivity index (χ0v) is 24.7. The highest BCUT2D eigenvalue weighted by Crippen LogP contribution is 2.42. The number of rotatable bonds is 12. The Morgan fingerprint density at radius 2 is 1.15 bits per heavy atom. The zero-order valence-electron chi connectivity index (χ0n) is 24.7. The van der Waals surface area contributed by atoms with Gasteiger partial charge in [-0.1, -0.05) is 108 Å². The van der Waals surface area contributed by atoms with Crippen molar-refractivity contribution >= 4 is 0 Å². The first kappa shape index (κ1) is 29.4. The van der Waals surface area contributed by atoms with E-state index >= 15 is 0 Å². The van der Waals surface area contributed by atoms with Crippen LogP contribution in [-0.4, -0.2) is 0 Å². The largest absolute Gasteiger partial charge is 0.192 e. The maximum absolute atomic E-state index is 10.1. The predicted molar refractivity (Wildman–Crippen MR) is 164 cm³/mol. The molecule has 0 unspecified atom stereocenters. The standard InChI is InChI=1S/C37H50N2/c1-3-5-7-8-9-11-29-12-16-30(17-13-29)31-20-22-33(23-21-31)35-25-24-34(36(26-38)37(35)27-39)32-18-14-28(15-19-32)10-6-4-2/h20-25,28-30,32H,3-19H2,1-2H3. The van der Waals surface area contributed by atoms with Gasteiger partial charge >= 0.3 is 0 Å². The van der Waals surface area contributed by atoms with Gasteiger partial charge in [0.1, 0.15) is 12.1 Å². The van der Waals surface area contributed by atoms with Gasteiger partial charge in [-0.25, -0.2) is 0 Å². The van der Waals surface area contributed by atoms with Gasteiger partial charge < -0.3 is 0 Å². The van der Waals surface area contributed by atoms with Gasteiger partial charge in [0.25, 0.3) is 0 Å². The van der Waals surface area contributed by atoms with Crippen LogP contribution in [0.15, 0.2) is 36.4 Å². The van der Waals surface area contributed by atoms with Crippen molar-refractivity contribution in [2.75, 3.05) is 0 Å². The van der Waals surface area contributed by atoms with E-state index in [0.29, 0.717) is 23.0 Å². The van der Waals surface area contributed by atoms with Crippen molar-refractivity contribution in [1.82, 2.24) is 0 Å². The summed E-state index contributed by atoms with van der Waals surface area (Å²) in [6, 6.07) is 18.1. The lowest BCUT2D eigenvalue weighted by atomic mass is 9.75. The number of hydrogen-bond donors (Lipinski definition) is 0. The Kier molecular flexibility index (Phi) is 11.5. The molecule has 2 aliphatic rings. The maximum atomic E-state index is 10.1. The number of unbranched alkanes of at least 4 members (excludes halogenated alkanes) is 5. The lowest BCUT2D eigenvalue weighted by Crippen LogP contribution is -2.15. The summed E-state index contributed by atoms with van der Waals surface area (Å²) < 4.78 is 0. The van der Waals surface area contributed by atoms with Gasteiger partial charge in [0.05, 0.1) is 11.1 Å². The Labute approximate surface area is 238 Å². The molecule has 2 aliphatic carbocycles. The molecule has 2 fully saturated rings. The van der Waals surface area contributed by atoms with Gasteiger partial charge in [0.2, 0.25) is 0 Å².